The molecule has 1 aliphatic carbocycles. The molecule has 0 amide bonds. The number of H-pyrrole nitrogens is 1. The Hall–Kier alpha value is -2.97. The minimum absolute atomic E-state index is 0.313. The van der Waals surface area contributed by atoms with Gasteiger partial charge in [0.15, 0.2) is 0 Å². The predicted octanol–water partition coefficient (Wildman–Crippen LogP) is 4.11. The smallest absolute Gasteiger partial charge is 0.339 e. The van der Waals surface area contributed by atoms with E-state index in [-0.39, 0.29) is 0 Å². The third kappa shape index (κ3) is 4.76. The molecule has 0 aliphatic heterocycles. The molecule has 4 N–H and O–H groups in total. The first-order chi connectivity index (χ1) is 15.5. The highest BCUT2D eigenvalue weighted by Crippen LogP contribution is 2.32. The molecule has 2 heterocycles. The number of esters is 1. The minimum Gasteiger partial charge on any atom is -0.465 e. The molecule has 170 valence electrons. The summed E-state index contributed by atoms with van der Waals surface area (Å²) in [6, 6.07) is 7.61. The lowest BCUT2D eigenvalue weighted by atomic mass is 10.1. The number of hydrogen-bond donors (Lipinski definition) is 3. The SMILES string of the molecule is CCCCOCC(N)c1[nH]c(-c2cccc3nc(C)c(NC4CC4)nc23)cc1C(=O)OC. The fourth-order valence-electron chi connectivity index (χ4n) is 3.67. The molecule has 2 aromatic heterocycles. The van der Waals surface area contributed by atoms with Crippen LogP contribution in [-0.2, 0) is 9.47 Å². The van der Waals surface area contributed by atoms with Gasteiger partial charge in [-0.1, -0.05) is 25.5 Å². The highest BCUT2D eigenvalue weighted by atomic mass is 16.5. The molecule has 4 rings (SSSR count). The Balaban J connectivity index is 1.72. The van der Waals surface area contributed by atoms with E-state index in [0.717, 1.165) is 59.5 Å². The average molecular weight is 438 g/mol. The van der Waals surface area contributed by atoms with Crippen LogP contribution in [0.1, 0.15) is 60.4 Å². The summed E-state index contributed by atoms with van der Waals surface area (Å²) in [7, 11) is 1.37. The number of hydrogen-bond acceptors (Lipinski definition) is 7. The second-order valence-electron chi connectivity index (χ2n) is 8.29. The van der Waals surface area contributed by atoms with Crippen LogP contribution in [0.15, 0.2) is 24.3 Å². The van der Waals surface area contributed by atoms with E-state index in [4.69, 9.17) is 25.2 Å². The van der Waals surface area contributed by atoms with Crippen molar-refractivity contribution in [2.75, 3.05) is 25.6 Å². The van der Waals surface area contributed by atoms with Crippen LogP contribution in [0.4, 0.5) is 5.82 Å². The van der Waals surface area contributed by atoms with Gasteiger partial charge >= 0.3 is 5.97 Å². The summed E-state index contributed by atoms with van der Waals surface area (Å²) >= 11 is 0. The molecule has 1 aromatic carbocycles. The van der Waals surface area contributed by atoms with Gasteiger partial charge in [0.1, 0.15) is 11.3 Å². The lowest BCUT2D eigenvalue weighted by molar-refractivity contribution is 0.0597. The van der Waals surface area contributed by atoms with Crippen molar-refractivity contribution in [3.05, 3.63) is 41.2 Å². The van der Waals surface area contributed by atoms with Crippen LogP contribution in [-0.4, -0.2) is 47.3 Å². The third-order valence-electron chi connectivity index (χ3n) is 5.64. The van der Waals surface area contributed by atoms with Crippen molar-refractivity contribution < 1.29 is 14.3 Å². The number of nitrogens with two attached hydrogens (primary N) is 1. The number of unbranched alkanes of at least 4 members (excludes halogenated alkanes) is 1. The van der Waals surface area contributed by atoms with Gasteiger partial charge in [0.25, 0.3) is 0 Å². The van der Waals surface area contributed by atoms with Crippen molar-refractivity contribution in [3.63, 3.8) is 0 Å². The van der Waals surface area contributed by atoms with E-state index < -0.39 is 12.0 Å². The van der Waals surface area contributed by atoms with Crippen molar-refractivity contribution in [3.8, 4) is 11.3 Å². The van der Waals surface area contributed by atoms with E-state index in [1.54, 1.807) is 6.07 Å². The Morgan fingerprint density at radius 3 is 2.88 bits per heavy atom. The molecule has 0 spiro atoms. The standard InChI is InChI=1S/C24H31N5O3/c1-4-5-11-32-13-18(25)21-17(24(30)31-3)12-20(28-21)16-7-6-8-19-22(16)29-23(14(2)26-19)27-15-9-10-15/h6-8,12,15,18,28H,4-5,9-11,13,25H2,1-3H3,(H,27,29). The number of carbonyl (C=O) groups excluding carboxylic acids is 1. The first kappa shape index (κ1) is 22.2. The molecular formula is C24H31N5O3. The fraction of sp³-hybridized carbons (Fsp3) is 0.458. The maximum atomic E-state index is 12.5. The fourth-order valence-corrected chi connectivity index (χ4v) is 3.67. The number of anilines is 1. The summed E-state index contributed by atoms with van der Waals surface area (Å²) in [5.41, 5.74) is 11.4. The van der Waals surface area contributed by atoms with Gasteiger partial charge in [-0.3, -0.25) is 0 Å². The molecule has 8 heteroatoms. The molecule has 8 nitrogen and oxygen atoms in total. The van der Waals surface area contributed by atoms with Crippen LogP contribution in [0, 0.1) is 6.92 Å². The van der Waals surface area contributed by atoms with E-state index in [1.807, 2.05) is 25.1 Å². The number of nitrogens with one attached hydrogen (secondary N) is 2. The third-order valence-corrected chi connectivity index (χ3v) is 5.64. The number of aryl methyl sites for hydroxylation is 1. The van der Waals surface area contributed by atoms with E-state index >= 15 is 0 Å². The molecule has 1 aliphatic rings. The molecule has 3 aromatic rings. The first-order valence-electron chi connectivity index (χ1n) is 11.2. The number of aromatic nitrogens is 3. The second kappa shape index (κ2) is 9.67. The lowest BCUT2D eigenvalue weighted by Gasteiger charge is -2.13. The summed E-state index contributed by atoms with van der Waals surface area (Å²) in [5, 5.41) is 3.46. The Kier molecular flexibility index (Phi) is 6.72. The largest absolute Gasteiger partial charge is 0.465 e. The molecule has 1 unspecified atom stereocenters. The zero-order valence-electron chi connectivity index (χ0n) is 18.9. The number of carbonyl (C=O) groups is 1. The molecule has 32 heavy (non-hydrogen) atoms. The topological polar surface area (TPSA) is 115 Å². The van der Waals surface area contributed by atoms with Crippen molar-refractivity contribution in [2.24, 2.45) is 5.73 Å². The zero-order chi connectivity index (χ0) is 22.7. The van der Waals surface area contributed by atoms with Crippen LogP contribution < -0.4 is 11.1 Å². The van der Waals surface area contributed by atoms with Gasteiger partial charge in [-0.15, -0.1) is 0 Å². The molecular weight excluding hydrogens is 406 g/mol. The highest BCUT2D eigenvalue weighted by molar-refractivity contribution is 5.96. The number of fused-ring (bicyclic) bond motifs is 1. The van der Waals surface area contributed by atoms with E-state index in [9.17, 15) is 4.79 Å². The number of methoxy groups -OCH3 is 1. The van der Waals surface area contributed by atoms with Gasteiger partial charge in [0.05, 0.1) is 36.5 Å². The summed E-state index contributed by atoms with van der Waals surface area (Å²) in [5.74, 6) is 0.359. The molecule has 1 saturated carbocycles. The van der Waals surface area contributed by atoms with Crippen molar-refractivity contribution in [1.29, 1.82) is 0 Å². The monoisotopic (exact) mass is 437 g/mol. The van der Waals surface area contributed by atoms with Gasteiger partial charge in [-0.25, -0.2) is 14.8 Å². The van der Waals surface area contributed by atoms with Gasteiger partial charge in [0, 0.05) is 29.6 Å². The van der Waals surface area contributed by atoms with Crippen molar-refractivity contribution >= 4 is 22.8 Å². The van der Waals surface area contributed by atoms with Crippen molar-refractivity contribution in [2.45, 2.75) is 51.6 Å². The van der Waals surface area contributed by atoms with Gasteiger partial charge < -0.3 is 25.5 Å². The quantitative estimate of drug-likeness (QED) is 0.323. The van der Waals surface area contributed by atoms with Gasteiger partial charge in [-0.2, -0.15) is 0 Å². The summed E-state index contributed by atoms with van der Waals surface area (Å²) in [4.78, 5) is 25.4. The number of benzene rings is 1. The number of nitrogens with zero attached hydrogens (tertiary/aromatic N) is 2. The maximum absolute atomic E-state index is 12.5. The molecule has 0 saturated heterocycles. The van der Waals surface area contributed by atoms with E-state index in [0.29, 0.717) is 30.5 Å². The Morgan fingerprint density at radius 2 is 2.16 bits per heavy atom. The van der Waals surface area contributed by atoms with Crippen LogP contribution in [0.25, 0.3) is 22.3 Å². The molecule has 1 atom stereocenters. The lowest BCUT2D eigenvalue weighted by Crippen LogP contribution is -2.20. The maximum Gasteiger partial charge on any atom is 0.339 e. The van der Waals surface area contributed by atoms with Crippen LogP contribution in [0.2, 0.25) is 0 Å². The van der Waals surface area contributed by atoms with Gasteiger partial charge in [0.2, 0.25) is 0 Å². The van der Waals surface area contributed by atoms with Gasteiger partial charge in [-0.05, 0) is 38.3 Å². The van der Waals surface area contributed by atoms with E-state index in [1.165, 1.54) is 7.11 Å². The first-order valence-corrected chi connectivity index (χ1v) is 11.2. The number of rotatable bonds is 10. The number of para-hydroxylation sites is 1. The molecule has 0 radical (unpaired) electrons. The van der Waals surface area contributed by atoms with Crippen LogP contribution in [0.3, 0.4) is 0 Å². The Morgan fingerprint density at radius 1 is 1.34 bits per heavy atom. The number of aromatic amines is 1. The van der Waals surface area contributed by atoms with Crippen LogP contribution >= 0.6 is 0 Å². The van der Waals surface area contributed by atoms with E-state index in [2.05, 4.69) is 17.2 Å². The normalized spacial score (nSPS) is 14.5. The van der Waals surface area contributed by atoms with Crippen LogP contribution in [0.5, 0.6) is 0 Å². The highest BCUT2D eigenvalue weighted by Gasteiger charge is 2.24. The zero-order valence-corrected chi connectivity index (χ0v) is 18.9. The minimum atomic E-state index is -0.481. The predicted molar refractivity (Wildman–Crippen MR) is 125 cm³/mol. The second-order valence-corrected chi connectivity index (χ2v) is 8.29. The summed E-state index contributed by atoms with van der Waals surface area (Å²) < 4.78 is 10.7. The Labute approximate surface area is 187 Å². The number of ether oxygens (including phenoxy) is 2. The molecule has 1 fully saturated rings. The Bertz CT molecular complexity index is 1110. The van der Waals surface area contributed by atoms with Crippen molar-refractivity contribution in [1.82, 2.24) is 15.0 Å². The summed E-state index contributed by atoms with van der Waals surface area (Å²) in [6.07, 6.45) is 4.33. The summed E-state index contributed by atoms with van der Waals surface area (Å²) in [6.45, 7) is 5.02. The molecule has 0 bridgehead atoms. The average Bonchev–Trinajstić information content (AvgIpc) is 3.50.